The van der Waals surface area contributed by atoms with Crippen LogP contribution in [0.1, 0.15) is 36.8 Å². The van der Waals surface area contributed by atoms with Gasteiger partial charge in [0.2, 0.25) is 0 Å². The van der Waals surface area contributed by atoms with E-state index < -0.39 is 23.1 Å². The van der Waals surface area contributed by atoms with Crippen LogP contribution < -0.4 is 0 Å². The molecule has 5 heteroatoms. The summed E-state index contributed by atoms with van der Waals surface area (Å²) in [6.45, 7) is 0. The van der Waals surface area contributed by atoms with Crippen LogP contribution in [0, 0.1) is 17.3 Å². The summed E-state index contributed by atoms with van der Waals surface area (Å²) < 4.78 is 37.7. The molecular weight excluding hydrogens is 281 g/mol. The van der Waals surface area contributed by atoms with Gasteiger partial charge in [0.15, 0.2) is 0 Å². The number of fused-ring (bicyclic) bond motifs is 2. The molecule has 0 heterocycles. The van der Waals surface area contributed by atoms with Crippen LogP contribution in [0.25, 0.3) is 0 Å². The van der Waals surface area contributed by atoms with E-state index in [1.54, 1.807) is 0 Å². The molecule has 3 unspecified atom stereocenters. The van der Waals surface area contributed by atoms with Crippen molar-refractivity contribution in [2.45, 2.75) is 38.3 Å². The molecule has 2 aliphatic rings. The zero-order valence-corrected chi connectivity index (χ0v) is 11.5. The van der Waals surface area contributed by atoms with Crippen molar-refractivity contribution in [1.82, 2.24) is 0 Å². The second-order valence-corrected chi connectivity index (χ2v) is 6.41. The van der Waals surface area contributed by atoms with Crippen LogP contribution in [0.3, 0.4) is 0 Å². The molecule has 1 N–H and O–H groups in total. The Hall–Kier alpha value is -1.52. The van der Waals surface area contributed by atoms with Crippen LogP contribution in [-0.4, -0.2) is 11.1 Å². The van der Waals surface area contributed by atoms with E-state index in [0.717, 1.165) is 31.4 Å². The maximum atomic E-state index is 12.6. The first-order valence-corrected chi connectivity index (χ1v) is 7.21. The summed E-state index contributed by atoms with van der Waals surface area (Å²) in [6.07, 6.45) is -0.387. The Balaban J connectivity index is 1.83. The van der Waals surface area contributed by atoms with Gasteiger partial charge in [-0.3, -0.25) is 4.79 Å². The molecule has 0 radical (unpaired) electrons. The molecule has 1 aromatic rings. The normalized spacial score (nSPS) is 31.6. The minimum Gasteiger partial charge on any atom is -0.481 e. The number of rotatable bonds is 3. The number of carboxylic acids is 1. The highest BCUT2D eigenvalue weighted by Gasteiger charge is 2.55. The van der Waals surface area contributed by atoms with E-state index in [1.165, 1.54) is 12.1 Å². The van der Waals surface area contributed by atoms with Gasteiger partial charge in [-0.2, -0.15) is 13.2 Å². The van der Waals surface area contributed by atoms with Crippen LogP contribution in [0.5, 0.6) is 0 Å². The number of carboxylic acid groups (broad SMARTS) is 1. The van der Waals surface area contributed by atoms with Gasteiger partial charge >= 0.3 is 12.1 Å². The van der Waals surface area contributed by atoms with Crippen LogP contribution in [0.2, 0.25) is 0 Å². The number of aliphatic carboxylic acids is 1. The average molecular weight is 298 g/mol. The zero-order valence-electron chi connectivity index (χ0n) is 11.5. The minimum absolute atomic E-state index is 0.169. The van der Waals surface area contributed by atoms with Crippen LogP contribution in [0.15, 0.2) is 24.3 Å². The largest absolute Gasteiger partial charge is 0.481 e. The third-order valence-electron chi connectivity index (χ3n) is 5.20. The van der Waals surface area contributed by atoms with Gasteiger partial charge < -0.3 is 5.11 Å². The molecular formula is C16H17F3O2. The van der Waals surface area contributed by atoms with E-state index in [2.05, 4.69) is 0 Å². The first-order chi connectivity index (χ1) is 9.81. The van der Waals surface area contributed by atoms with Gasteiger partial charge in [-0.05, 0) is 55.2 Å². The molecule has 2 aliphatic carbocycles. The van der Waals surface area contributed by atoms with Crippen molar-refractivity contribution >= 4 is 5.97 Å². The molecule has 3 rings (SSSR count). The van der Waals surface area contributed by atoms with E-state index in [0.29, 0.717) is 24.3 Å². The molecule has 0 aliphatic heterocycles. The van der Waals surface area contributed by atoms with Gasteiger partial charge in [0, 0.05) is 0 Å². The SMILES string of the molecule is O=C(O)C1(Cc2ccc(C(F)(F)F)cc2)CC2CCC1C2. The molecule has 21 heavy (non-hydrogen) atoms. The van der Waals surface area contributed by atoms with Gasteiger partial charge in [0.05, 0.1) is 11.0 Å². The number of hydrogen-bond donors (Lipinski definition) is 1. The van der Waals surface area contributed by atoms with Gasteiger partial charge in [-0.15, -0.1) is 0 Å². The highest BCUT2D eigenvalue weighted by Crippen LogP contribution is 2.57. The smallest absolute Gasteiger partial charge is 0.416 e. The second kappa shape index (κ2) is 4.75. The molecule has 1 aromatic carbocycles. The summed E-state index contributed by atoms with van der Waals surface area (Å²) in [7, 11) is 0. The molecule has 2 nitrogen and oxygen atoms in total. The lowest BCUT2D eigenvalue weighted by molar-refractivity contribution is -0.152. The van der Waals surface area contributed by atoms with Crippen molar-refractivity contribution in [3.63, 3.8) is 0 Å². The van der Waals surface area contributed by atoms with E-state index in [9.17, 15) is 23.1 Å². The number of carbonyl (C=O) groups is 1. The summed E-state index contributed by atoms with van der Waals surface area (Å²) in [4.78, 5) is 11.8. The van der Waals surface area contributed by atoms with Crippen LogP contribution in [-0.2, 0) is 17.4 Å². The summed E-state index contributed by atoms with van der Waals surface area (Å²) in [5.74, 6) is -0.155. The van der Waals surface area contributed by atoms with E-state index >= 15 is 0 Å². The lowest BCUT2D eigenvalue weighted by Gasteiger charge is -2.33. The molecule has 0 amide bonds. The van der Waals surface area contributed by atoms with Gasteiger partial charge in [-0.1, -0.05) is 18.6 Å². The Kier molecular flexibility index (Phi) is 3.26. The Morgan fingerprint density at radius 3 is 2.33 bits per heavy atom. The fraction of sp³-hybridized carbons (Fsp3) is 0.562. The second-order valence-electron chi connectivity index (χ2n) is 6.41. The van der Waals surface area contributed by atoms with Crippen molar-refractivity contribution in [2.24, 2.45) is 17.3 Å². The number of benzene rings is 1. The lowest BCUT2D eigenvalue weighted by Crippen LogP contribution is -2.38. The lowest BCUT2D eigenvalue weighted by atomic mass is 9.69. The standard InChI is InChI=1S/C16H17F3O2/c17-16(18,19)12-4-1-10(2-5-12)8-15(14(20)21)9-11-3-6-13(15)7-11/h1-2,4-5,11,13H,3,6-9H2,(H,20,21). The molecule has 3 atom stereocenters. The van der Waals surface area contributed by atoms with Crippen LogP contribution in [0.4, 0.5) is 13.2 Å². The summed E-state index contributed by atoms with van der Waals surface area (Å²) >= 11 is 0. The number of alkyl halides is 3. The Morgan fingerprint density at radius 1 is 1.24 bits per heavy atom. The van der Waals surface area contributed by atoms with Gasteiger partial charge in [0.1, 0.15) is 0 Å². The van der Waals surface area contributed by atoms with Crippen molar-refractivity contribution in [1.29, 1.82) is 0 Å². The Labute approximate surface area is 121 Å². The van der Waals surface area contributed by atoms with Crippen molar-refractivity contribution < 1.29 is 23.1 Å². The third-order valence-corrected chi connectivity index (χ3v) is 5.20. The molecule has 2 fully saturated rings. The first kappa shape index (κ1) is 14.4. The molecule has 0 aromatic heterocycles. The highest BCUT2D eigenvalue weighted by atomic mass is 19.4. The Bertz CT molecular complexity index is 550. The quantitative estimate of drug-likeness (QED) is 0.910. The molecule has 2 bridgehead atoms. The fourth-order valence-corrected chi connectivity index (χ4v) is 4.17. The number of halogens is 3. The average Bonchev–Trinajstić information content (AvgIpc) is 2.99. The topological polar surface area (TPSA) is 37.3 Å². The zero-order chi connectivity index (χ0) is 15.3. The van der Waals surface area contributed by atoms with Crippen molar-refractivity contribution in [2.75, 3.05) is 0 Å². The monoisotopic (exact) mass is 298 g/mol. The fourth-order valence-electron chi connectivity index (χ4n) is 4.17. The van der Waals surface area contributed by atoms with Crippen molar-refractivity contribution in [3.05, 3.63) is 35.4 Å². The Morgan fingerprint density at radius 2 is 1.90 bits per heavy atom. The summed E-state index contributed by atoms with van der Waals surface area (Å²) in [5.41, 5.74) is -0.788. The van der Waals surface area contributed by atoms with Gasteiger partial charge in [-0.25, -0.2) is 0 Å². The maximum absolute atomic E-state index is 12.6. The summed E-state index contributed by atoms with van der Waals surface area (Å²) in [5, 5.41) is 9.65. The third kappa shape index (κ3) is 2.43. The van der Waals surface area contributed by atoms with E-state index in [1.807, 2.05) is 0 Å². The number of hydrogen-bond acceptors (Lipinski definition) is 1. The maximum Gasteiger partial charge on any atom is 0.416 e. The predicted octanol–water partition coefficient (Wildman–Crippen LogP) is 4.14. The first-order valence-electron chi connectivity index (χ1n) is 7.21. The van der Waals surface area contributed by atoms with Crippen molar-refractivity contribution in [3.8, 4) is 0 Å². The van der Waals surface area contributed by atoms with E-state index in [-0.39, 0.29) is 5.92 Å². The highest BCUT2D eigenvalue weighted by molar-refractivity contribution is 5.76. The molecule has 0 spiro atoms. The molecule has 114 valence electrons. The van der Waals surface area contributed by atoms with E-state index in [4.69, 9.17) is 0 Å². The summed E-state index contributed by atoms with van der Waals surface area (Å²) in [6, 6.07) is 4.91. The minimum atomic E-state index is -4.35. The molecule has 2 saturated carbocycles. The van der Waals surface area contributed by atoms with Gasteiger partial charge in [0.25, 0.3) is 0 Å². The predicted molar refractivity (Wildman–Crippen MR) is 70.7 cm³/mol. The molecule has 0 saturated heterocycles. The van der Waals surface area contributed by atoms with Crippen LogP contribution >= 0.6 is 0 Å².